The predicted octanol–water partition coefficient (Wildman–Crippen LogP) is 5.21. The van der Waals surface area contributed by atoms with E-state index < -0.39 is 0 Å². The molecule has 0 saturated heterocycles. The molecule has 3 rings (SSSR count). The molecule has 0 aliphatic heterocycles. The smallest absolute Gasteiger partial charge is 0.220 e. The number of amides is 1. The fraction of sp³-hybridized carbons (Fsp3) is 0.360. The van der Waals surface area contributed by atoms with Gasteiger partial charge in [0.25, 0.3) is 0 Å². The van der Waals surface area contributed by atoms with Crippen LogP contribution in [0, 0.1) is 0 Å². The molecule has 1 atom stereocenters. The van der Waals surface area contributed by atoms with Gasteiger partial charge in [0.15, 0.2) is 0 Å². The Bertz CT molecular complexity index is 993. The van der Waals surface area contributed by atoms with E-state index in [4.69, 9.17) is 9.72 Å². The van der Waals surface area contributed by atoms with Crippen LogP contribution in [0.1, 0.15) is 50.5 Å². The van der Waals surface area contributed by atoms with Gasteiger partial charge in [-0.1, -0.05) is 43.3 Å². The van der Waals surface area contributed by atoms with E-state index in [1.54, 1.807) is 0 Å². The van der Waals surface area contributed by atoms with Crippen LogP contribution in [0.3, 0.4) is 0 Å². The zero-order chi connectivity index (χ0) is 21.3. The van der Waals surface area contributed by atoms with Crippen LogP contribution in [0.2, 0.25) is 0 Å². The van der Waals surface area contributed by atoms with Crippen LogP contribution in [-0.4, -0.2) is 22.1 Å². The summed E-state index contributed by atoms with van der Waals surface area (Å²) >= 11 is 0. The van der Waals surface area contributed by atoms with Gasteiger partial charge in [-0.25, -0.2) is 4.98 Å². The fourth-order valence-corrected chi connectivity index (χ4v) is 3.64. The van der Waals surface area contributed by atoms with E-state index >= 15 is 0 Å². The van der Waals surface area contributed by atoms with Crippen molar-refractivity contribution in [3.05, 3.63) is 72.6 Å². The highest BCUT2D eigenvalue weighted by Crippen LogP contribution is 2.22. The van der Waals surface area contributed by atoms with Crippen LogP contribution in [0.15, 0.2) is 61.2 Å². The summed E-state index contributed by atoms with van der Waals surface area (Å²) in [4.78, 5) is 16.9. The molecule has 0 aliphatic carbocycles. The number of para-hydroxylation sites is 3. The molecule has 1 amide bonds. The molecule has 1 N–H and O–H groups in total. The van der Waals surface area contributed by atoms with Gasteiger partial charge in [0, 0.05) is 13.0 Å². The average molecular weight is 406 g/mol. The molecule has 0 aliphatic rings. The van der Waals surface area contributed by atoms with Crippen molar-refractivity contribution < 1.29 is 9.53 Å². The average Bonchev–Trinajstić information content (AvgIpc) is 3.11. The Hall–Kier alpha value is -3.08. The number of carbonyl (C=O) groups is 1. The van der Waals surface area contributed by atoms with Crippen LogP contribution in [0.5, 0.6) is 5.75 Å². The first kappa shape index (κ1) is 21.6. The second kappa shape index (κ2) is 10.6. The maximum Gasteiger partial charge on any atom is 0.220 e. The summed E-state index contributed by atoms with van der Waals surface area (Å²) in [6.45, 7) is 9.20. The first-order valence-electron chi connectivity index (χ1n) is 10.7. The molecule has 0 saturated carbocycles. The minimum absolute atomic E-state index is 0.0609. The lowest BCUT2D eigenvalue weighted by atomic mass is 10.1. The van der Waals surface area contributed by atoms with E-state index in [0.717, 1.165) is 54.0 Å². The van der Waals surface area contributed by atoms with Crippen LogP contribution in [0.4, 0.5) is 0 Å². The van der Waals surface area contributed by atoms with E-state index in [0.29, 0.717) is 13.0 Å². The molecule has 0 bridgehead atoms. The summed E-state index contributed by atoms with van der Waals surface area (Å²) in [5.41, 5.74) is 3.17. The number of nitrogens with zero attached hydrogens (tertiary/aromatic N) is 2. The Morgan fingerprint density at radius 1 is 1.23 bits per heavy atom. The van der Waals surface area contributed by atoms with E-state index in [1.165, 1.54) is 0 Å². The number of hydrogen-bond acceptors (Lipinski definition) is 3. The predicted molar refractivity (Wildman–Crippen MR) is 122 cm³/mol. The number of nitrogens with one attached hydrogen (secondary N) is 1. The minimum atomic E-state index is -0.148. The van der Waals surface area contributed by atoms with Crippen molar-refractivity contribution in [1.82, 2.24) is 14.9 Å². The van der Waals surface area contributed by atoms with Crippen LogP contribution < -0.4 is 10.1 Å². The monoisotopic (exact) mass is 405 g/mol. The van der Waals surface area contributed by atoms with Gasteiger partial charge in [0.2, 0.25) is 5.91 Å². The maximum atomic E-state index is 12.1. The number of carbonyl (C=O) groups excluding carboxylic acids is 1. The number of ether oxygens (including phenoxy) is 1. The van der Waals surface area contributed by atoms with Gasteiger partial charge in [-0.3, -0.25) is 4.79 Å². The van der Waals surface area contributed by atoms with Gasteiger partial charge >= 0.3 is 0 Å². The van der Waals surface area contributed by atoms with E-state index in [2.05, 4.69) is 28.6 Å². The zero-order valence-electron chi connectivity index (χ0n) is 17.9. The van der Waals surface area contributed by atoms with Crippen LogP contribution in [-0.2, 0) is 17.8 Å². The number of benzene rings is 2. The standard InChI is InChI=1S/C25H31N3O2/c1-4-11-20-13-6-9-16-23(20)30-18-10-17-28-22-15-8-7-14-21(22)27-25(28)19(3)26-24(29)12-5-2/h4,6-9,13-16,19H,1,5,10-12,17-18H2,2-3H3,(H,26,29). The first-order valence-corrected chi connectivity index (χ1v) is 10.7. The molecule has 30 heavy (non-hydrogen) atoms. The van der Waals surface area contributed by atoms with Gasteiger partial charge < -0.3 is 14.6 Å². The number of allylic oxidation sites excluding steroid dienone is 1. The molecule has 0 spiro atoms. The SMILES string of the molecule is C=CCc1ccccc1OCCCn1c(C(C)NC(=O)CCC)nc2ccccc21. The van der Waals surface area contributed by atoms with Crippen molar-refractivity contribution in [3.8, 4) is 5.75 Å². The Balaban J connectivity index is 1.70. The normalized spacial score (nSPS) is 11.9. The zero-order valence-corrected chi connectivity index (χ0v) is 17.9. The van der Waals surface area contributed by atoms with Gasteiger partial charge in [-0.15, -0.1) is 6.58 Å². The number of aryl methyl sites for hydroxylation is 1. The van der Waals surface area contributed by atoms with Gasteiger partial charge in [0.05, 0.1) is 23.7 Å². The van der Waals surface area contributed by atoms with Crippen molar-refractivity contribution in [3.63, 3.8) is 0 Å². The van der Waals surface area contributed by atoms with Crippen molar-refractivity contribution in [2.75, 3.05) is 6.61 Å². The fourth-order valence-electron chi connectivity index (χ4n) is 3.64. The first-order chi connectivity index (χ1) is 14.6. The molecule has 3 aromatic rings. The highest BCUT2D eigenvalue weighted by Gasteiger charge is 2.18. The topological polar surface area (TPSA) is 56.1 Å². The largest absolute Gasteiger partial charge is 0.493 e. The molecule has 1 aromatic heterocycles. The Morgan fingerprint density at radius 2 is 2.00 bits per heavy atom. The molecule has 1 unspecified atom stereocenters. The van der Waals surface area contributed by atoms with Crippen LogP contribution in [0.25, 0.3) is 11.0 Å². The Kier molecular flexibility index (Phi) is 7.66. The minimum Gasteiger partial charge on any atom is -0.493 e. The lowest BCUT2D eigenvalue weighted by Gasteiger charge is -2.17. The summed E-state index contributed by atoms with van der Waals surface area (Å²) in [5.74, 6) is 1.85. The number of aromatic nitrogens is 2. The van der Waals surface area contributed by atoms with Crippen LogP contribution >= 0.6 is 0 Å². The van der Waals surface area contributed by atoms with Crippen molar-refractivity contribution >= 4 is 16.9 Å². The molecule has 1 heterocycles. The lowest BCUT2D eigenvalue weighted by Crippen LogP contribution is -2.28. The Morgan fingerprint density at radius 3 is 2.80 bits per heavy atom. The molecule has 2 aromatic carbocycles. The number of fused-ring (bicyclic) bond motifs is 1. The molecule has 5 nitrogen and oxygen atoms in total. The molecule has 0 radical (unpaired) electrons. The molecule has 158 valence electrons. The van der Waals surface area contributed by atoms with Gasteiger partial charge in [-0.2, -0.15) is 0 Å². The summed E-state index contributed by atoms with van der Waals surface area (Å²) in [6, 6.07) is 16.0. The third kappa shape index (κ3) is 5.29. The Labute approximate surface area is 178 Å². The summed E-state index contributed by atoms with van der Waals surface area (Å²) in [6.07, 6.45) is 4.88. The molecular formula is C25H31N3O2. The lowest BCUT2D eigenvalue weighted by molar-refractivity contribution is -0.121. The van der Waals surface area contributed by atoms with E-state index in [-0.39, 0.29) is 11.9 Å². The molecule has 5 heteroatoms. The third-order valence-corrected chi connectivity index (χ3v) is 5.05. The quantitative estimate of drug-likeness (QED) is 0.352. The maximum absolute atomic E-state index is 12.1. The summed E-state index contributed by atoms with van der Waals surface area (Å²) < 4.78 is 8.25. The summed E-state index contributed by atoms with van der Waals surface area (Å²) in [7, 11) is 0. The van der Waals surface area contributed by atoms with Gasteiger partial charge in [-0.05, 0) is 49.9 Å². The highest BCUT2D eigenvalue weighted by atomic mass is 16.5. The molecule has 0 fully saturated rings. The number of rotatable bonds is 11. The summed E-state index contributed by atoms with van der Waals surface area (Å²) in [5, 5.41) is 3.07. The third-order valence-electron chi connectivity index (χ3n) is 5.05. The van der Waals surface area contributed by atoms with Gasteiger partial charge in [0.1, 0.15) is 11.6 Å². The highest BCUT2D eigenvalue weighted by molar-refractivity contribution is 5.78. The van der Waals surface area contributed by atoms with Crippen molar-refractivity contribution in [1.29, 1.82) is 0 Å². The van der Waals surface area contributed by atoms with E-state index in [1.807, 2.05) is 56.3 Å². The van der Waals surface area contributed by atoms with Crippen molar-refractivity contribution in [2.45, 2.75) is 52.1 Å². The number of hydrogen-bond donors (Lipinski definition) is 1. The second-order valence-electron chi connectivity index (χ2n) is 7.45. The van der Waals surface area contributed by atoms with E-state index in [9.17, 15) is 4.79 Å². The molecular weight excluding hydrogens is 374 g/mol. The second-order valence-corrected chi connectivity index (χ2v) is 7.45. The number of imidazole rings is 1. The van der Waals surface area contributed by atoms with Crippen molar-refractivity contribution in [2.24, 2.45) is 0 Å².